The third-order valence-electron chi connectivity index (χ3n) is 3.69. The summed E-state index contributed by atoms with van der Waals surface area (Å²) in [6.07, 6.45) is 0. The van der Waals surface area contributed by atoms with Crippen molar-refractivity contribution in [1.29, 1.82) is 0 Å². The topological polar surface area (TPSA) is 30.5 Å². The van der Waals surface area contributed by atoms with E-state index in [1.807, 2.05) is 18.2 Å². The van der Waals surface area contributed by atoms with Gasteiger partial charge >= 0.3 is 0 Å². The fraction of sp³-hybridized carbons (Fsp3) is 0.294. The molecule has 104 valence electrons. The summed E-state index contributed by atoms with van der Waals surface area (Å²) in [6, 6.07) is 14.4. The summed E-state index contributed by atoms with van der Waals surface area (Å²) in [5.41, 5.74) is 3.54. The van der Waals surface area contributed by atoms with Crippen molar-refractivity contribution in [3.63, 3.8) is 0 Å². The van der Waals surface area contributed by atoms with Crippen molar-refractivity contribution < 1.29 is 9.47 Å². The molecule has 3 rings (SSSR count). The minimum Gasteiger partial charge on any atom is -0.495 e. The van der Waals surface area contributed by atoms with Crippen molar-refractivity contribution in [3.8, 4) is 11.5 Å². The van der Waals surface area contributed by atoms with Gasteiger partial charge in [0.15, 0.2) is 0 Å². The second kappa shape index (κ2) is 5.45. The first kappa shape index (κ1) is 12.9. The molecule has 0 spiro atoms. The lowest BCUT2D eigenvalue weighted by atomic mass is 10.0. The Morgan fingerprint density at radius 3 is 2.95 bits per heavy atom. The highest BCUT2D eigenvalue weighted by atomic mass is 16.5. The van der Waals surface area contributed by atoms with Gasteiger partial charge in [-0.3, -0.25) is 0 Å². The van der Waals surface area contributed by atoms with Gasteiger partial charge < -0.3 is 14.8 Å². The summed E-state index contributed by atoms with van der Waals surface area (Å²) >= 11 is 0. The maximum Gasteiger partial charge on any atom is 0.141 e. The van der Waals surface area contributed by atoms with Crippen molar-refractivity contribution in [1.82, 2.24) is 0 Å². The van der Waals surface area contributed by atoms with Gasteiger partial charge in [0.25, 0.3) is 0 Å². The highest BCUT2D eigenvalue weighted by Gasteiger charge is 2.23. The molecule has 0 aromatic heterocycles. The number of aryl methyl sites for hydroxylation is 1. The Labute approximate surface area is 119 Å². The third kappa shape index (κ3) is 2.44. The number of methoxy groups -OCH3 is 1. The molecule has 0 radical (unpaired) electrons. The number of para-hydroxylation sites is 1. The van der Waals surface area contributed by atoms with Crippen molar-refractivity contribution in [2.45, 2.75) is 12.8 Å². The minimum absolute atomic E-state index is 0.386. The molecule has 1 aliphatic heterocycles. The van der Waals surface area contributed by atoms with Crippen molar-refractivity contribution >= 4 is 5.69 Å². The van der Waals surface area contributed by atoms with Crippen LogP contribution in [-0.2, 0) is 0 Å². The van der Waals surface area contributed by atoms with Crippen LogP contribution < -0.4 is 14.8 Å². The van der Waals surface area contributed by atoms with Gasteiger partial charge in [-0.1, -0.05) is 24.3 Å². The largest absolute Gasteiger partial charge is 0.495 e. The van der Waals surface area contributed by atoms with E-state index < -0.39 is 0 Å². The van der Waals surface area contributed by atoms with Gasteiger partial charge in [-0.25, -0.2) is 0 Å². The Morgan fingerprint density at radius 2 is 2.10 bits per heavy atom. The Morgan fingerprint density at radius 1 is 1.25 bits per heavy atom. The summed E-state index contributed by atoms with van der Waals surface area (Å²) in [6.45, 7) is 3.66. The Kier molecular flexibility index (Phi) is 3.50. The summed E-state index contributed by atoms with van der Waals surface area (Å²) in [4.78, 5) is 0. The van der Waals surface area contributed by atoms with Gasteiger partial charge in [-0.15, -0.1) is 0 Å². The molecule has 2 aromatic carbocycles. The van der Waals surface area contributed by atoms with E-state index in [2.05, 4.69) is 36.5 Å². The van der Waals surface area contributed by atoms with Crippen LogP contribution in [0.3, 0.4) is 0 Å². The van der Waals surface area contributed by atoms with E-state index in [0.29, 0.717) is 5.92 Å². The van der Waals surface area contributed by atoms with Crippen LogP contribution in [0, 0.1) is 6.92 Å². The molecule has 1 atom stereocenters. The molecule has 1 aliphatic rings. The minimum atomic E-state index is 0.386. The fourth-order valence-electron chi connectivity index (χ4n) is 2.59. The molecule has 1 unspecified atom stereocenters. The average molecular weight is 269 g/mol. The lowest BCUT2D eigenvalue weighted by Gasteiger charge is -2.15. The van der Waals surface area contributed by atoms with Crippen LogP contribution in [0.2, 0.25) is 0 Å². The molecule has 0 amide bonds. The summed E-state index contributed by atoms with van der Waals surface area (Å²) in [5.74, 6) is 2.27. The normalized spacial score (nSPS) is 16.4. The Hall–Kier alpha value is -2.16. The van der Waals surface area contributed by atoms with Crippen LogP contribution >= 0.6 is 0 Å². The van der Waals surface area contributed by atoms with Crippen LogP contribution in [0.15, 0.2) is 42.5 Å². The molecular formula is C17H19NO2. The zero-order valence-electron chi connectivity index (χ0n) is 11.8. The first-order valence-electron chi connectivity index (χ1n) is 6.88. The standard InChI is InChI=1S/C17H19NO2/c1-12-7-8-17(19-2)15(9-12)18-10-13-11-20-16-6-4-3-5-14(13)16/h3-9,13,18H,10-11H2,1-2H3. The van der Waals surface area contributed by atoms with Crippen LogP contribution in [0.4, 0.5) is 5.69 Å². The van der Waals surface area contributed by atoms with Gasteiger partial charge in [0, 0.05) is 18.0 Å². The number of ether oxygens (including phenoxy) is 2. The summed E-state index contributed by atoms with van der Waals surface area (Å²) in [7, 11) is 1.70. The molecule has 2 aromatic rings. The van der Waals surface area contributed by atoms with Crippen molar-refractivity contribution in [3.05, 3.63) is 53.6 Å². The SMILES string of the molecule is COc1ccc(C)cc1NCC1COc2ccccc21. The summed E-state index contributed by atoms with van der Waals surface area (Å²) < 4.78 is 11.1. The number of nitrogens with one attached hydrogen (secondary N) is 1. The molecule has 3 heteroatoms. The lowest BCUT2D eigenvalue weighted by molar-refractivity contribution is 0.334. The lowest BCUT2D eigenvalue weighted by Crippen LogP contribution is -2.14. The highest BCUT2D eigenvalue weighted by molar-refractivity contribution is 5.58. The first-order valence-corrected chi connectivity index (χ1v) is 6.88. The van der Waals surface area contributed by atoms with Gasteiger partial charge in [0.2, 0.25) is 0 Å². The van der Waals surface area contributed by atoms with Crippen LogP contribution in [0.25, 0.3) is 0 Å². The zero-order chi connectivity index (χ0) is 13.9. The smallest absolute Gasteiger partial charge is 0.141 e. The third-order valence-corrected chi connectivity index (χ3v) is 3.69. The van der Waals surface area contributed by atoms with E-state index in [9.17, 15) is 0 Å². The van der Waals surface area contributed by atoms with Crippen molar-refractivity contribution in [2.75, 3.05) is 25.6 Å². The molecule has 20 heavy (non-hydrogen) atoms. The zero-order valence-corrected chi connectivity index (χ0v) is 11.8. The fourth-order valence-corrected chi connectivity index (χ4v) is 2.59. The van der Waals surface area contributed by atoms with E-state index in [0.717, 1.165) is 30.3 Å². The Balaban J connectivity index is 1.73. The average Bonchev–Trinajstić information content (AvgIpc) is 2.88. The predicted octanol–water partition coefficient (Wildman–Crippen LogP) is 3.59. The van der Waals surface area contributed by atoms with E-state index in [4.69, 9.17) is 9.47 Å². The molecule has 0 saturated carbocycles. The van der Waals surface area contributed by atoms with Crippen LogP contribution in [0.5, 0.6) is 11.5 Å². The van der Waals surface area contributed by atoms with Gasteiger partial charge in [0.05, 0.1) is 19.4 Å². The molecule has 0 aliphatic carbocycles. The number of hydrogen-bond donors (Lipinski definition) is 1. The predicted molar refractivity (Wildman–Crippen MR) is 80.9 cm³/mol. The van der Waals surface area contributed by atoms with Crippen molar-refractivity contribution in [2.24, 2.45) is 0 Å². The monoisotopic (exact) mass is 269 g/mol. The Bertz CT molecular complexity index is 610. The number of fused-ring (bicyclic) bond motifs is 1. The van der Waals surface area contributed by atoms with E-state index in [1.165, 1.54) is 11.1 Å². The van der Waals surface area contributed by atoms with Gasteiger partial charge in [0.1, 0.15) is 11.5 Å². The molecule has 0 fully saturated rings. The summed E-state index contributed by atoms with van der Waals surface area (Å²) in [5, 5.41) is 3.48. The van der Waals surface area contributed by atoms with Crippen LogP contribution in [0.1, 0.15) is 17.0 Å². The first-order chi connectivity index (χ1) is 9.78. The van der Waals surface area contributed by atoms with E-state index in [-0.39, 0.29) is 0 Å². The van der Waals surface area contributed by atoms with Gasteiger partial charge in [-0.05, 0) is 30.7 Å². The molecule has 1 N–H and O–H groups in total. The van der Waals surface area contributed by atoms with Crippen LogP contribution in [-0.4, -0.2) is 20.3 Å². The second-order valence-corrected chi connectivity index (χ2v) is 5.13. The number of rotatable bonds is 4. The highest BCUT2D eigenvalue weighted by Crippen LogP contribution is 2.34. The molecule has 1 heterocycles. The maximum atomic E-state index is 5.71. The second-order valence-electron chi connectivity index (χ2n) is 5.13. The van der Waals surface area contributed by atoms with Gasteiger partial charge in [-0.2, -0.15) is 0 Å². The number of hydrogen-bond acceptors (Lipinski definition) is 3. The number of anilines is 1. The molecule has 0 saturated heterocycles. The molecule has 3 nitrogen and oxygen atoms in total. The van der Waals surface area contributed by atoms with E-state index >= 15 is 0 Å². The van der Waals surface area contributed by atoms with E-state index in [1.54, 1.807) is 7.11 Å². The molecule has 0 bridgehead atoms. The molecular weight excluding hydrogens is 250 g/mol. The number of benzene rings is 2. The quantitative estimate of drug-likeness (QED) is 0.920. The maximum absolute atomic E-state index is 5.71.